The third kappa shape index (κ3) is 5.81. The molecule has 0 aliphatic carbocycles. The number of H-pyrrole nitrogens is 1. The Morgan fingerprint density at radius 2 is 1.81 bits per heavy atom. The molecule has 0 saturated heterocycles. The van der Waals surface area contributed by atoms with Crippen LogP contribution in [0.25, 0.3) is 11.1 Å². The van der Waals surface area contributed by atoms with E-state index in [1.165, 1.54) is 19.2 Å². The first-order chi connectivity index (χ1) is 15.4. The molecule has 3 rings (SSSR count). The van der Waals surface area contributed by atoms with E-state index in [0.717, 1.165) is 11.3 Å². The van der Waals surface area contributed by atoms with Crippen molar-refractivity contribution in [2.24, 2.45) is 0 Å². The molecule has 0 atom stereocenters. The standard InChI is InChI=1S/C22H25FN6O3/c1-13-5-6-15(23)12-17(13)16-7-8-18(26-19-11-14(2)28-29-19)27-20(16)21(30)24-9-4-10-25-22(31)32-3/h5-8,11-12H,4,9-10H2,1-3H3,(H,24,30)(H,25,31)(H2,26,27,28,29). The van der Waals surface area contributed by atoms with Gasteiger partial charge in [-0.1, -0.05) is 6.07 Å². The summed E-state index contributed by atoms with van der Waals surface area (Å²) in [6, 6.07) is 9.65. The molecule has 10 heteroatoms. The number of aryl methyl sites for hydroxylation is 2. The maximum absolute atomic E-state index is 13.9. The van der Waals surface area contributed by atoms with E-state index >= 15 is 0 Å². The molecule has 1 aromatic carbocycles. The Kier molecular flexibility index (Phi) is 7.37. The van der Waals surface area contributed by atoms with Gasteiger partial charge in [0.15, 0.2) is 5.82 Å². The fraction of sp³-hybridized carbons (Fsp3) is 0.273. The Morgan fingerprint density at radius 1 is 1.03 bits per heavy atom. The number of nitrogens with zero attached hydrogens (tertiary/aromatic N) is 2. The SMILES string of the molecule is COC(=O)NCCCNC(=O)c1nc(Nc2cc(C)[nH]n2)ccc1-c1cc(F)ccc1C. The topological polar surface area (TPSA) is 121 Å². The van der Waals surface area contributed by atoms with E-state index in [1.807, 2.05) is 13.8 Å². The van der Waals surface area contributed by atoms with Crippen molar-refractivity contribution in [3.8, 4) is 11.1 Å². The minimum atomic E-state index is -0.533. The van der Waals surface area contributed by atoms with Crippen LogP contribution >= 0.6 is 0 Å². The predicted octanol–water partition coefficient (Wildman–Crippen LogP) is 3.45. The lowest BCUT2D eigenvalue weighted by molar-refractivity contribution is 0.0949. The van der Waals surface area contributed by atoms with Crippen LogP contribution in [-0.4, -0.2) is 47.4 Å². The minimum absolute atomic E-state index is 0.150. The molecule has 9 nitrogen and oxygen atoms in total. The maximum Gasteiger partial charge on any atom is 0.406 e. The summed E-state index contributed by atoms with van der Waals surface area (Å²) in [6.45, 7) is 4.36. The molecule has 0 aliphatic rings. The molecule has 0 fully saturated rings. The average Bonchev–Trinajstić information content (AvgIpc) is 3.19. The molecule has 2 heterocycles. The number of benzene rings is 1. The Hall–Kier alpha value is -3.95. The third-order valence-corrected chi connectivity index (χ3v) is 4.66. The second kappa shape index (κ2) is 10.4. The van der Waals surface area contributed by atoms with Crippen molar-refractivity contribution in [2.75, 3.05) is 25.5 Å². The monoisotopic (exact) mass is 440 g/mol. The lowest BCUT2D eigenvalue weighted by Gasteiger charge is -2.14. The number of carbonyl (C=O) groups excluding carboxylic acids is 2. The average molecular weight is 440 g/mol. The summed E-state index contributed by atoms with van der Waals surface area (Å²) in [6.07, 6.45) is -0.0335. The lowest BCUT2D eigenvalue weighted by Crippen LogP contribution is -2.30. The summed E-state index contributed by atoms with van der Waals surface area (Å²) in [5.41, 5.74) is 2.93. The van der Waals surface area contributed by atoms with Gasteiger partial charge in [0.05, 0.1) is 7.11 Å². The normalized spacial score (nSPS) is 10.5. The summed E-state index contributed by atoms with van der Waals surface area (Å²) < 4.78 is 18.4. The minimum Gasteiger partial charge on any atom is -0.453 e. The van der Waals surface area contributed by atoms with Crippen molar-refractivity contribution < 1.29 is 18.7 Å². The zero-order chi connectivity index (χ0) is 23.1. The maximum atomic E-state index is 13.9. The number of nitrogens with one attached hydrogen (secondary N) is 4. The van der Waals surface area contributed by atoms with Crippen LogP contribution in [0, 0.1) is 19.7 Å². The number of aromatic nitrogens is 3. The highest BCUT2D eigenvalue weighted by Gasteiger charge is 2.18. The molecule has 2 aromatic heterocycles. The fourth-order valence-electron chi connectivity index (χ4n) is 3.05. The van der Waals surface area contributed by atoms with E-state index in [1.54, 1.807) is 24.3 Å². The van der Waals surface area contributed by atoms with Gasteiger partial charge in [-0.25, -0.2) is 14.2 Å². The highest BCUT2D eigenvalue weighted by atomic mass is 19.1. The highest BCUT2D eigenvalue weighted by Crippen LogP contribution is 2.28. The fourth-order valence-corrected chi connectivity index (χ4v) is 3.05. The number of carbonyl (C=O) groups is 2. The second-order valence-electron chi connectivity index (χ2n) is 7.14. The number of hydrogen-bond donors (Lipinski definition) is 4. The van der Waals surface area contributed by atoms with E-state index in [9.17, 15) is 14.0 Å². The summed E-state index contributed by atoms with van der Waals surface area (Å²) in [4.78, 5) is 28.5. The van der Waals surface area contributed by atoms with Crippen LogP contribution in [0.3, 0.4) is 0 Å². The number of aromatic amines is 1. The number of pyridine rings is 1. The first kappa shape index (κ1) is 22.7. The number of anilines is 2. The van der Waals surface area contributed by atoms with Gasteiger partial charge in [0.25, 0.3) is 5.91 Å². The van der Waals surface area contributed by atoms with E-state index in [2.05, 4.69) is 35.9 Å². The molecule has 0 spiro atoms. The number of amides is 2. The number of hydrogen-bond acceptors (Lipinski definition) is 6. The molecular weight excluding hydrogens is 415 g/mol. The van der Waals surface area contributed by atoms with Crippen LogP contribution < -0.4 is 16.0 Å². The summed E-state index contributed by atoms with van der Waals surface area (Å²) >= 11 is 0. The predicted molar refractivity (Wildman–Crippen MR) is 118 cm³/mol. The van der Waals surface area contributed by atoms with Gasteiger partial charge in [0, 0.05) is 30.4 Å². The summed E-state index contributed by atoms with van der Waals surface area (Å²) in [7, 11) is 1.28. The molecule has 2 amide bonds. The largest absolute Gasteiger partial charge is 0.453 e. The van der Waals surface area contributed by atoms with Crippen molar-refractivity contribution in [3.63, 3.8) is 0 Å². The number of ether oxygens (including phenoxy) is 1. The van der Waals surface area contributed by atoms with Crippen LogP contribution in [0.2, 0.25) is 0 Å². The van der Waals surface area contributed by atoms with Gasteiger partial charge in [0.2, 0.25) is 0 Å². The number of methoxy groups -OCH3 is 1. The summed E-state index contributed by atoms with van der Waals surface area (Å²) in [5, 5.41) is 15.3. The Labute approximate surface area is 184 Å². The number of rotatable bonds is 8. The molecule has 0 bridgehead atoms. The van der Waals surface area contributed by atoms with Crippen molar-refractivity contribution in [1.82, 2.24) is 25.8 Å². The van der Waals surface area contributed by atoms with Gasteiger partial charge < -0.3 is 20.7 Å². The zero-order valence-electron chi connectivity index (χ0n) is 18.1. The van der Waals surface area contributed by atoms with Crippen molar-refractivity contribution >= 4 is 23.6 Å². The van der Waals surface area contributed by atoms with Crippen LogP contribution in [-0.2, 0) is 4.74 Å². The van der Waals surface area contributed by atoms with Crippen LogP contribution in [0.4, 0.5) is 20.8 Å². The Bertz CT molecular complexity index is 1110. The molecule has 0 aliphatic heterocycles. The second-order valence-corrected chi connectivity index (χ2v) is 7.14. The van der Waals surface area contributed by atoms with Gasteiger partial charge in [-0.2, -0.15) is 5.10 Å². The van der Waals surface area contributed by atoms with E-state index < -0.39 is 17.8 Å². The van der Waals surface area contributed by atoms with Gasteiger partial charge in [-0.3, -0.25) is 9.89 Å². The molecule has 168 valence electrons. The first-order valence-corrected chi connectivity index (χ1v) is 10.0. The Balaban J connectivity index is 1.83. The molecule has 0 radical (unpaired) electrons. The highest BCUT2D eigenvalue weighted by molar-refractivity contribution is 5.99. The molecule has 0 saturated carbocycles. The molecule has 4 N–H and O–H groups in total. The smallest absolute Gasteiger partial charge is 0.406 e. The lowest BCUT2D eigenvalue weighted by atomic mass is 9.98. The van der Waals surface area contributed by atoms with Crippen LogP contribution in [0.5, 0.6) is 0 Å². The van der Waals surface area contributed by atoms with Crippen LogP contribution in [0.15, 0.2) is 36.4 Å². The van der Waals surface area contributed by atoms with E-state index in [4.69, 9.17) is 0 Å². The van der Waals surface area contributed by atoms with Crippen molar-refractivity contribution in [3.05, 3.63) is 59.2 Å². The van der Waals surface area contributed by atoms with Gasteiger partial charge in [-0.05, 0) is 55.7 Å². The van der Waals surface area contributed by atoms with Gasteiger partial charge >= 0.3 is 6.09 Å². The molecule has 3 aromatic rings. The van der Waals surface area contributed by atoms with Crippen LogP contribution in [0.1, 0.15) is 28.2 Å². The number of halogens is 1. The molecule has 32 heavy (non-hydrogen) atoms. The van der Waals surface area contributed by atoms with E-state index in [0.29, 0.717) is 42.3 Å². The number of alkyl carbamates (subject to hydrolysis) is 1. The quantitative estimate of drug-likeness (QED) is 0.398. The Morgan fingerprint density at radius 3 is 2.53 bits per heavy atom. The van der Waals surface area contributed by atoms with E-state index in [-0.39, 0.29) is 5.69 Å². The molecular formula is C22H25FN6O3. The van der Waals surface area contributed by atoms with Gasteiger partial charge in [0.1, 0.15) is 17.3 Å². The zero-order valence-corrected chi connectivity index (χ0v) is 18.1. The van der Waals surface area contributed by atoms with Crippen molar-refractivity contribution in [1.29, 1.82) is 0 Å². The van der Waals surface area contributed by atoms with Gasteiger partial charge in [-0.15, -0.1) is 0 Å². The molecule has 0 unspecified atom stereocenters. The third-order valence-electron chi connectivity index (χ3n) is 4.66. The van der Waals surface area contributed by atoms with Crippen molar-refractivity contribution in [2.45, 2.75) is 20.3 Å². The first-order valence-electron chi connectivity index (χ1n) is 10.0. The summed E-state index contributed by atoms with van der Waals surface area (Å²) in [5.74, 6) is 0.167.